The molecule has 1 fully saturated rings. The maximum absolute atomic E-state index is 5.86. The average molecular weight is 313 g/mol. The van der Waals surface area contributed by atoms with Gasteiger partial charge < -0.3 is 13.7 Å². The van der Waals surface area contributed by atoms with Crippen LogP contribution >= 0.6 is 0 Å². The van der Waals surface area contributed by atoms with Crippen LogP contribution in [-0.2, 0) is 18.3 Å². The maximum atomic E-state index is 5.86. The number of hydrogen-bond donors (Lipinski definition) is 0. The van der Waals surface area contributed by atoms with Crippen molar-refractivity contribution in [2.24, 2.45) is 7.05 Å². The predicted molar refractivity (Wildman–Crippen MR) is 83.6 cm³/mol. The summed E-state index contributed by atoms with van der Waals surface area (Å²) in [6.07, 6.45) is 2.80. The van der Waals surface area contributed by atoms with Gasteiger partial charge in [0.25, 0.3) is 0 Å². The van der Waals surface area contributed by atoms with E-state index in [-0.39, 0.29) is 12.1 Å². The van der Waals surface area contributed by atoms with Gasteiger partial charge in [-0.25, -0.2) is 4.98 Å². The van der Waals surface area contributed by atoms with E-state index in [9.17, 15) is 0 Å². The van der Waals surface area contributed by atoms with Crippen LogP contribution in [0.5, 0.6) is 0 Å². The van der Waals surface area contributed by atoms with Crippen molar-refractivity contribution in [3.63, 3.8) is 0 Å². The third kappa shape index (κ3) is 2.62. The predicted octanol–water partition coefficient (Wildman–Crippen LogP) is 1.92. The van der Waals surface area contributed by atoms with Crippen LogP contribution in [0.1, 0.15) is 24.2 Å². The number of ether oxygens (including phenoxy) is 1. The Labute approximate surface area is 133 Å². The van der Waals surface area contributed by atoms with E-state index in [4.69, 9.17) is 9.15 Å². The van der Waals surface area contributed by atoms with Crippen molar-refractivity contribution in [3.05, 3.63) is 42.3 Å². The summed E-state index contributed by atoms with van der Waals surface area (Å²) in [4.78, 5) is 6.87. The van der Waals surface area contributed by atoms with Crippen molar-refractivity contribution in [3.8, 4) is 0 Å². The van der Waals surface area contributed by atoms with Crippen LogP contribution in [0.2, 0.25) is 0 Å². The lowest BCUT2D eigenvalue weighted by Crippen LogP contribution is -2.26. The van der Waals surface area contributed by atoms with Gasteiger partial charge in [-0.15, -0.1) is 10.2 Å². The molecule has 3 heterocycles. The lowest BCUT2D eigenvalue weighted by molar-refractivity contribution is 0.106. The quantitative estimate of drug-likeness (QED) is 0.733. The molecule has 7 nitrogen and oxygen atoms in total. The van der Waals surface area contributed by atoms with E-state index < -0.39 is 0 Å². The van der Waals surface area contributed by atoms with Crippen LogP contribution in [0.4, 0.5) is 0 Å². The molecular weight excluding hydrogens is 294 g/mol. The normalized spacial score (nSPS) is 22.2. The van der Waals surface area contributed by atoms with Crippen LogP contribution in [-0.4, -0.2) is 44.4 Å². The number of benzene rings is 1. The maximum Gasteiger partial charge on any atom is 0.209 e. The molecule has 1 aliphatic rings. The Balaban J connectivity index is 1.61. The van der Waals surface area contributed by atoms with Crippen LogP contribution in [0.3, 0.4) is 0 Å². The fourth-order valence-electron chi connectivity index (χ4n) is 3.23. The first-order chi connectivity index (χ1) is 11.2. The van der Waals surface area contributed by atoms with Crippen molar-refractivity contribution in [1.29, 1.82) is 0 Å². The first kappa shape index (κ1) is 14.3. The molecule has 0 amide bonds. The van der Waals surface area contributed by atoms with Gasteiger partial charge in [-0.05, 0) is 18.6 Å². The average Bonchev–Trinajstić information content (AvgIpc) is 3.24. The van der Waals surface area contributed by atoms with Crippen molar-refractivity contribution >= 4 is 11.1 Å². The molecule has 2 aromatic heterocycles. The molecule has 120 valence electrons. The van der Waals surface area contributed by atoms with Crippen LogP contribution in [0.15, 0.2) is 35.0 Å². The number of nitrogens with zero attached hydrogens (tertiary/aromatic N) is 5. The second-order valence-electron chi connectivity index (χ2n) is 5.91. The Kier molecular flexibility index (Phi) is 3.59. The van der Waals surface area contributed by atoms with E-state index in [2.05, 4.69) is 20.1 Å². The van der Waals surface area contributed by atoms with Gasteiger partial charge in [-0.2, -0.15) is 0 Å². The van der Waals surface area contributed by atoms with Gasteiger partial charge in [0.15, 0.2) is 5.58 Å². The number of oxazole rings is 1. The van der Waals surface area contributed by atoms with E-state index >= 15 is 0 Å². The number of aromatic nitrogens is 4. The van der Waals surface area contributed by atoms with E-state index in [0.29, 0.717) is 6.54 Å². The summed E-state index contributed by atoms with van der Waals surface area (Å²) >= 11 is 0. The van der Waals surface area contributed by atoms with Crippen LogP contribution in [0.25, 0.3) is 11.1 Å². The first-order valence-corrected chi connectivity index (χ1v) is 7.70. The summed E-state index contributed by atoms with van der Waals surface area (Å²) in [7, 11) is 3.72. The van der Waals surface area contributed by atoms with Gasteiger partial charge in [0, 0.05) is 20.7 Å². The molecule has 4 rings (SSSR count). The first-order valence-electron chi connectivity index (χ1n) is 7.70. The number of para-hydroxylation sites is 2. The van der Waals surface area contributed by atoms with Crippen LogP contribution < -0.4 is 0 Å². The number of rotatable bonds is 4. The fraction of sp³-hybridized carbons (Fsp3) is 0.438. The standard InChI is InChI=1S/C16H19N5O2/c1-20-10-17-19-16(20)13-7-11(22-2)8-21(13)9-15-18-12-5-3-4-6-14(12)23-15/h3-6,10-11,13H,7-9H2,1-2H3/t11-,13+/m1/s1. The van der Waals surface area contributed by atoms with Gasteiger partial charge in [0.1, 0.15) is 17.7 Å². The number of aryl methyl sites for hydroxylation is 1. The largest absolute Gasteiger partial charge is 0.439 e. The second-order valence-corrected chi connectivity index (χ2v) is 5.91. The van der Waals surface area contributed by atoms with Gasteiger partial charge in [-0.3, -0.25) is 4.90 Å². The molecular formula is C16H19N5O2. The Morgan fingerprint density at radius 2 is 2.22 bits per heavy atom. The van der Waals surface area contributed by atoms with Crippen molar-refractivity contribution in [2.45, 2.75) is 25.1 Å². The highest BCUT2D eigenvalue weighted by Gasteiger charge is 2.36. The number of methoxy groups -OCH3 is 1. The summed E-state index contributed by atoms with van der Waals surface area (Å²) in [5.41, 5.74) is 1.71. The SMILES string of the molecule is CO[C@@H]1C[C@@H](c2nncn2C)N(Cc2nc3ccccc3o2)C1. The molecule has 7 heteroatoms. The highest BCUT2D eigenvalue weighted by Crippen LogP contribution is 2.33. The molecule has 0 aliphatic carbocycles. The van der Waals surface area contributed by atoms with E-state index in [1.54, 1.807) is 13.4 Å². The highest BCUT2D eigenvalue weighted by atomic mass is 16.5. The Hall–Kier alpha value is -2.25. The third-order valence-corrected chi connectivity index (χ3v) is 4.42. The van der Waals surface area contributed by atoms with Crippen molar-refractivity contribution in [2.75, 3.05) is 13.7 Å². The van der Waals surface area contributed by atoms with Crippen molar-refractivity contribution in [1.82, 2.24) is 24.6 Å². The molecule has 0 N–H and O–H groups in total. The Morgan fingerprint density at radius 1 is 1.35 bits per heavy atom. The summed E-state index contributed by atoms with van der Waals surface area (Å²) in [5, 5.41) is 8.27. The number of likely N-dealkylation sites (tertiary alicyclic amines) is 1. The summed E-state index contributed by atoms with van der Waals surface area (Å²) in [5.74, 6) is 1.66. The molecule has 1 saturated heterocycles. The van der Waals surface area contributed by atoms with Crippen LogP contribution in [0, 0.1) is 0 Å². The van der Waals surface area contributed by atoms with Gasteiger partial charge >= 0.3 is 0 Å². The molecule has 23 heavy (non-hydrogen) atoms. The molecule has 1 aromatic carbocycles. The summed E-state index contributed by atoms with van der Waals surface area (Å²) < 4.78 is 13.4. The zero-order valence-corrected chi connectivity index (χ0v) is 13.2. The van der Waals surface area contributed by atoms with Gasteiger partial charge in [0.05, 0.1) is 18.7 Å². The third-order valence-electron chi connectivity index (χ3n) is 4.42. The summed E-state index contributed by atoms with van der Waals surface area (Å²) in [6, 6.07) is 7.98. The van der Waals surface area contributed by atoms with E-state index in [0.717, 1.165) is 35.8 Å². The lowest BCUT2D eigenvalue weighted by atomic mass is 10.2. The molecule has 1 aliphatic heterocycles. The Bertz CT molecular complexity index is 779. The monoisotopic (exact) mass is 313 g/mol. The zero-order valence-electron chi connectivity index (χ0n) is 13.2. The lowest BCUT2D eigenvalue weighted by Gasteiger charge is -2.21. The smallest absolute Gasteiger partial charge is 0.209 e. The molecule has 0 unspecified atom stereocenters. The Morgan fingerprint density at radius 3 is 2.96 bits per heavy atom. The minimum absolute atomic E-state index is 0.155. The molecule has 0 saturated carbocycles. The van der Waals surface area contributed by atoms with Crippen molar-refractivity contribution < 1.29 is 9.15 Å². The van der Waals surface area contributed by atoms with Gasteiger partial charge in [-0.1, -0.05) is 12.1 Å². The zero-order chi connectivity index (χ0) is 15.8. The minimum Gasteiger partial charge on any atom is -0.439 e. The van der Waals surface area contributed by atoms with Gasteiger partial charge in [0.2, 0.25) is 5.89 Å². The number of fused-ring (bicyclic) bond motifs is 1. The molecule has 3 aromatic rings. The minimum atomic E-state index is 0.155. The molecule has 0 radical (unpaired) electrons. The summed E-state index contributed by atoms with van der Waals surface area (Å²) in [6.45, 7) is 1.46. The second kappa shape index (κ2) is 5.75. The molecule has 0 bridgehead atoms. The van der Waals surface area contributed by atoms with E-state index in [1.165, 1.54) is 0 Å². The topological polar surface area (TPSA) is 69.2 Å². The molecule has 2 atom stereocenters. The van der Waals surface area contributed by atoms with E-state index in [1.807, 2.05) is 35.9 Å². The fourth-order valence-corrected chi connectivity index (χ4v) is 3.23. The molecule has 0 spiro atoms. The highest BCUT2D eigenvalue weighted by molar-refractivity contribution is 5.72. The number of hydrogen-bond acceptors (Lipinski definition) is 6.